The Balaban J connectivity index is 2.13. The molecule has 0 aliphatic rings. The van der Waals surface area contributed by atoms with E-state index < -0.39 is 0 Å². The third-order valence-corrected chi connectivity index (χ3v) is 3.30. The molecule has 2 aromatic heterocycles. The summed E-state index contributed by atoms with van der Waals surface area (Å²) in [5.41, 5.74) is 3.82. The van der Waals surface area contributed by atoms with E-state index >= 15 is 0 Å². The van der Waals surface area contributed by atoms with Gasteiger partial charge in [-0.3, -0.25) is 5.10 Å². The van der Waals surface area contributed by atoms with Crippen LogP contribution in [0.15, 0.2) is 30.5 Å². The average Bonchev–Trinajstić information content (AvgIpc) is 2.85. The molecule has 0 fully saturated rings. The number of nitrogens with one attached hydrogen (secondary N) is 1. The van der Waals surface area contributed by atoms with Crippen LogP contribution in [0.3, 0.4) is 0 Å². The number of rotatable bonds is 3. The van der Waals surface area contributed by atoms with Crippen LogP contribution in [0.1, 0.15) is 19.4 Å². The van der Waals surface area contributed by atoms with E-state index in [4.69, 9.17) is 11.6 Å². The van der Waals surface area contributed by atoms with Crippen LogP contribution in [0.2, 0.25) is 5.28 Å². The molecule has 1 N–H and O–H groups in total. The van der Waals surface area contributed by atoms with Gasteiger partial charge in [-0.25, -0.2) is 4.98 Å². The molecule has 0 unspecified atom stereocenters. The summed E-state index contributed by atoms with van der Waals surface area (Å²) in [4.78, 5) is 8.49. The van der Waals surface area contributed by atoms with Gasteiger partial charge in [0.1, 0.15) is 0 Å². The second-order valence-corrected chi connectivity index (χ2v) is 5.61. The van der Waals surface area contributed by atoms with Gasteiger partial charge in [0.15, 0.2) is 5.65 Å². The molecule has 0 saturated carbocycles. The van der Waals surface area contributed by atoms with Crippen LogP contribution >= 0.6 is 11.6 Å². The summed E-state index contributed by atoms with van der Waals surface area (Å²) < 4.78 is 0. The largest absolute Gasteiger partial charge is 0.261 e. The maximum atomic E-state index is 5.98. The summed E-state index contributed by atoms with van der Waals surface area (Å²) in [7, 11) is 0. The van der Waals surface area contributed by atoms with Gasteiger partial charge >= 0.3 is 0 Å². The quantitative estimate of drug-likeness (QED) is 0.744. The normalized spacial score (nSPS) is 11.4. The lowest BCUT2D eigenvalue weighted by molar-refractivity contribution is 0.647. The monoisotopic (exact) mass is 286 g/mol. The molecule has 3 aromatic rings. The molecule has 0 aliphatic carbocycles. The van der Waals surface area contributed by atoms with E-state index in [0.29, 0.717) is 11.6 Å². The first-order valence-electron chi connectivity index (χ1n) is 6.59. The topological polar surface area (TPSA) is 54.5 Å². The molecule has 1 aromatic carbocycles. The molecule has 0 radical (unpaired) electrons. The van der Waals surface area contributed by atoms with E-state index in [2.05, 4.69) is 52.2 Å². The molecule has 2 heterocycles. The molecule has 4 nitrogen and oxygen atoms in total. The standard InChI is InChI=1S/C15H15ClN4/c1-9(2)6-10-4-3-5-11(7-10)13-12-8-17-20-14(12)19-15(16)18-13/h3-5,7-9H,6H2,1-2H3,(H,17,18,19,20). The van der Waals surface area contributed by atoms with Gasteiger partial charge in [-0.15, -0.1) is 0 Å². The van der Waals surface area contributed by atoms with Crippen molar-refractivity contribution in [2.75, 3.05) is 0 Å². The zero-order chi connectivity index (χ0) is 14.1. The summed E-state index contributed by atoms with van der Waals surface area (Å²) >= 11 is 5.98. The van der Waals surface area contributed by atoms with Crippen molar-refractivity contribution in [3.63, 3.8) is 0 Å². The Morgan fingerprint density at radius 2 is 2.10 bits per heavy atom. The van der Waals surface area contributed by atoms with Gasteiger partial charge in [0.2, 0.25) is 5.28 Å². The first kappa shape index (κ1) is 13.1. The van der Waals surface area contributed by atoms with Crippen LogP contribution in [0.4, 0.5) is 0 Å². The number of hydrogen-bond donors (Lipinski definition) is 1. The number of benzene rings is 1. The minimum Gasteiger partial charge on any atom is -0.261 e. The Kier molecular flexibility index (Phi) is 3.40. The van der Waals surface area contributed by atoms with Crippen LogP contribution < -0.4 is 0 Å². The Morgan fingerprint density at radius 1 is 1.25 bits per heavy atom. The van der Waals surface area contributed by atoms with Crippen molar-refractivity contribution in [2.24, 2.45) is 5.92 Å². The SMILES string of the molecule is CC(C)Cc1cccc(-c2nc(Cl)nc3[nH]ncc23)c1. The van der Waals surface area contributed by atoms with Crippen molar-refractivity contribution < 1.29 is 0 Å². The lowest BCUT2D eigenvalue weighted by Crippen LogP contribution is -1.95. The van der Waals surface area contributed by atoms with E-state index in [-0.39, 0.29) is 5.28 Å². The minimum absolute atomic E-state index is 0.228. The van der Waals surface area contributed by atoms with Gasteiger partial charge in [0, 0.05) is 5.56 Å². The fraction of sp³-hybridized carbons (Fsp3) is 0.267. The zero-order valence-electron chi connectivity index (χ0n) is 11.4. The molecular formula is C15H15ClN4. The molecule has 0 spiro atoms. The van der Waals surface area contributed by atoms with Crippen LogP contribution in [0.25, 0.3) is 22.3 Å². The molecule has 0 amide bonds. The number of halogens is 1. The lowest BCUT2D eigenvalue weighted by Gasteiger charge is -2.08. The number of aromatic amines is 1. The van der Waals surface area contributed by atoms with Crippen molar-refractivity contribution >= 4 is 22.6 Å². The molecule has 0 aliphatic heterocycles. The fourth-order valence-corrected chi connectivity index (χ4v) is 2.51. The van der Waals surface area contributed by atoms with E-state index in [1.54, 1.807) is 6.20 Å². The number of hydrogen-bond acceptors (Lipinski definition) is 3. The maximum absolute atomic E-state index is 5.98. The third kappa shape index (κ3) is 2.51. The van der Waals surface area contributed by atoms with Gasteiger partial charge in [0.05, 0.1) is 17.3 Å². The summed E-state index contributed by atoms with van der Waals surface area (Å²) in [5, 5.41) is 7.96. The second-order valence-electron chi connectivity index (χ2n) is 5.27. The highest BCUT2D eigenvalue weighted by atomic mass is 35.5. The third-order valence-electron chi connectivity index (χ3n) is 3.13. The highest BCUT2D eigenvalue weighted by molar-refractivity contribution is 6.28. The Labute approximate surface area is 122 Å². The minimum atomic E-state index is 0.228. The van der Waals surface area contributed by atoms with Gasteiger partial charge < -0.3 is 0 Å². The smallest absolute Gasteiger partial charge is 0.224 e. The van der Waals surface area contributed by atoms with Crippen molar-refractivity contribution in [1.29, 1.82) is 0 Å². The Morgan fingerprint density at radius 3 is 2.90 bits per heavy atom. The molecule has 0 atom stereocenters. The van der Waals surface area contributed by atoms with Crippen molar-refractivity contribution in [1.82, 2.24) is 20.2 Å². The maximum Gasteiger partial charge on any atom is 0.224 e. The summed E-state index contributed by atoms with van der Waals surface area (Å²) in [6, 6.07) is 8.38. The predicted octanol–water partition coefficient (Wildman–Crippen LogP) is 3.87. The molecule has 102 valence electrons. The first-order valence-corrected chi connectivity index (χ1v) is 6.97. The van der Waals surface area contributed by atoms with Gasteiger partial charge in [-0.05, 0) is 35.6 Å². The molecule has 20 heavy (non-hydrogen) atoms. The number of aromatic nitrogens is 4. The molecule has 0 saturated heterocycles. The van der Waals surface area contributed by atoms with Crippen LogP contribution in [0.5, 0.6) is 0 Å². The highest BCUT2D eigenvalue weighted by Crippen LogP contribution is 2.27. The molecular weight excluding hydrogens is 272 g/mol. The van der Waals surface area contributed by atoms with Gasteiger partial charge in [-0.2, -0.15) is 10.1 Å². The number of H-pyrrole nitrogens is 1. The second kappa shape index (κ2) is 5.21. The molecule has 0 bridgehead atoms. The highest BCUT2D eigenvalue weighted by Gasteiger charge is 2.11. The number of nitrogens with zero attached hydrogens (tertiary/aromatic N) is 3. The van der Waals surface area contributed by atoms with E-state index in [9.17, 15) is 0 Å². The van der Waals surface area contributed by atoms with Crippen molar-refractivity contribution in [2.45, 2.75) is 20.3 Å². The zero-order valence-corrected chi connectivity index (χ0v) is 12.1. The van der Waals surface area contributed by atoms with E-state index in [0.717, 1.165) is 23.1 Å². The van der Waals surface area contributed by atoms with Crippen molar-refractivity contribution in [3.8, 4) is 11.3 Å². The number of fused-ring (bicyclic) bond motifs is 1. The summed E-state index contributed by atoms with van der Waals surface area (Å²) in [6.45, 7) is 4.42. The lowest BCUT2D eigenvalue weighted by atomic mass is 9.99. The summed E-state index contributed by atoms with van der Waals surface area (Å²) in [6.07, 6.45) is 2.78. The van der Waals surface area contributed by atoms with E-state index in [1.165, 1.54) is 5.56 Å². The van der Waals surface area contributed by atoms with Crippen LogP contribution in [0, 0.1) is 5.92 Å². The fourth-order valence-electron chi connectivity index (χ4n) is 2.34. The van der Waals surface area contributed by atoms with Crippen LogP contribution in [-0.4, -0.2) is 20.2 Å². The van der Waals surface area contributed by atoms with Gasteiger partial charge in [0.25, 0.3) is 0 Å². The van der Waals surface area contributed by atoms with Crippen LogP contribution in [-0.2, 0) is 6.42 Å². The van der Waals surface area contributed by atoms with Gasteiger partial charge in [-0.1, -0.05) is 32.0 Å². The average molecular weight is 287 g/mol. The Bertz CT molecular complexity index is 748. The summed E-state index contributed by atoms with van der Waals surface area (Å²) in [5.74, 6) is 0.619. The molecule has 5 heteroatoms. The first-order chi connectivity index (χ1) is 9.63. The predicted molar refractivity (Wildman–Crippen MR) is 80.7 cm³/mol. The van der Waals surface area contributed by atoms with E-state index in [1.807, 2.05) is 6.07 Å². The molecule has 3 rings (SSSR count). The Hall–Kier alpha value is -1.94. The van der Waals surface area contributed by atoms with Crippen molar-refractivity contribution in [3.05, 3.63) is 41.3 Å².